The molecule has 3 amide bonds. The molecule has 8 nitrogen and oxygen atoms in total. The van der Waals surface area contributed by atoms with Gasteiger partial charge in [-0.05, 0) is 50.8 Å². The molecule has 1 aromatic heterocycles. The summed E-state index contributed by atoms with van der Waals surface area (Å²) in [5.41, 5.74) is 11.6. The molecular weight excluding hydrogens is 370 g/mol. The van der Waals surface area contributed by atoms with Crippen LogP contribution in [0.1, 0.15) is 46.6 Å². The summed E-state index contributed by atoms with van der Waals surface area (Å²) in [4.78, 5) is 35.0. The maximum atomic E-state index is 11.9. The van der Waals surface area contributed by atoms with Crippen molar-refractivity contribution in [3.8, 4) is 0 Å². The number of hydrogen-bond acceptors (Lipinski definition) is 5. The summed E-state index contributed by atoms with van der Waals surface area (Å²) < 4.78 is 0. The number of primary amides is 1. The predicted molar refractivity (Wildman–Crippen MR) is 117 cm³/mol. The first-order valence-corrected chi connectivity index (χ1v) is 9.70. The van der Waals surface area contributed by atoms with E-state index in [0.717, 1.165) is 12.0 Å². The highest BCUT2D eigenvalue weighted by molar-refractivity contribution is 5.82. The van der Waals surface area contributed by atoms with Gasteiger partial charge >= 0.3 is 0 Å². The summed E-state index contributed by atoms with van der Waals surface area (Å²) >= 11 is 0. The van der Waals surface area contributed by atoms with Crippen molar-refractivity contribution in [2.24, 2.45) is 17.4 Å². The van der Waals surface area contributed by atoms with Crippen LogP contribution in [0.3, 0.4) is 0 Å². The molecule has 0 aromatic carbocycles. The van der Waals surface area contributed by atoms with Crippen LogP contribution in [-0.4, -0.2) is 41.8 Å². The number of allylic oxidation sites excluding steroid dienone is 2. The molecule has 0 saturated heterocycles. The van der Waals surface area contributed by atoms with E-state index in [4.69, 9.17) is 5.73 Å². The van der Waals surface area contributed by atoms with Crippen molar-refractivity contribution >= 4 is 18.2 Å². The first-order valence-electron chi connectivity index (χ1n) is 9.70. The number of nitrogens with one attached hydrogen (secondary N) is 2. The highest BCUT2D eigenvalue weighted by Crippen LogP contribution is 2.07. The van der Waals surface area contributed by atoms with Gasteiger partial charge < -0.3 is 22.1 Å². The minimum Gasteiger partial charge on any atom is -0.368 e. The van der Waals surface area contributed by atoms with Crippen molar-refractivity contribution < 1.29 is 14.4 Å². The SMILES string of the molecule is C/C=C/C.CCC(C)C(C)NC(=O)C(N)Cc1ccncc1.NC(=O)CNC=O. The molecule has 0 aliphatic heterocycles. The second kappa shape index (κ2) is 18.6. The lowest BCUT2D eigenvalue weighted by atomic mass is 10.00. The van der Waals surface area contributed by atoms with Gasteiger partial charge in [0.2, 0.25) is 18.2 Å². The Morgan fingerprint density at radius 3 is 2.10 bits per heavy atom. The van der Waals surface area contributed by atoms with Gasteiger partial charge in [-0.15, -0.1) is 0 Å². The van der Waals surface area contributed by atoms with Crippen molar-refractivity contribution in [1.29, 1.82) is 0 Å². The van der Waals surface area contributed by atoms with E-state index in [2.05, 4.69) is 35.2 Å². The van der Waals surface area contributed by atoms with Gasteiger partial charge in [0.05, 0.1) is 12.6 Å². The summed E-state index contributed by atoms with van der Waals surface area (Å²) in [6.45, 7) is 10.2. The highest BCUT2D eigenvalue weighted by atomic mass is 16.2. The maximum Gasteiger partial charge on any atom is 0.237 e. The number of rotatable bonds is 9. The van der Waals surface area contributed by atoms with Crippen LogP contribution in [0, 0.1) is 5.92 Å². The third kappa shape index (κ3) is 17.1. The van der Waals surface area contributed by atoms with E-state index in [9.17, 15) is 14.4 Å². The number of pyridine rings is 1. The summed E-state index contributed by atoms with van der Waals surface area (Å²) in [6, 6.07) is 3.42. The van der Waals surface area contributed by atoms with Gasteiger partial charge in [0.25, 0.3) is 0 Å². The monoisotopic (exact) mass is 407 g/mol. The van der Waals surface area contributed by atoms with E-state index in [-0.39, 0.29) is 18.5 Å². The summed E-state index contributed by atoms with van der Waals surface area (Å²) in [5, 5.41) is 5.06. The normalized spacial score (nSPS) is 12.9. The fourth-order valence-corrected chi connectivity index (χ4v) is 1.84. The van der Waals surface area contributed by atoms with E-state index in [1.54, 1.807) is 12.4 Å². The van der Waals surface area contributed by atoms with Gasteiger partial charge in [0.1, 0.15) is 0 Å². The van der Waals surface area contributed by atoms with Gasteiger partial charge in [-0.25, -0.2) is 0 Å². The molecule has 0 fully saturated rings. The van der Waals surface area contributed by atoms with Crippen LogP contribution in [0.2, 0.25) is 0 Å². The molecule has 0 aliphatic carbocycles. The average Bonchev–Trinajstić information content (AvgIpc) is 2.72. The van der Waals surface area contributed by atoms with Crippen LogP contribution >= 0.6 is 0 Å². The van der Waals surface area contributed by atoms with Crippen molar-refractivity contribution in [3.63, 3.8) is 0 Å². The first kappa shape index (κ1) is 28.5. The smallest absolute Gasteiger partial charge is 0.237 e. The molecule has 0 radical (unpaired) electrons. The second-order valence-electron chi connectivity index (χ2n) is 6.48. The van der Waals surface area contributed by atoms with E-state index in [1.807, 2.05) is 45.1 Å². The molecule has 0 aliphatic rings. The minimum atomic E-state index is -0.535. The molecule has 8 heteroatoms. The number of nitrogens with two attached hydrogens (primary N) is 2. The number of nitrogens with zero attached hydrogens (tertiary/aromatic N) is 1. The van der Waals surface area contributed by atoms with Crippen LogP contribution < -0.4 is 22.1 Å². The van der Waals surface area contributed by atoms with Crippen LogP contribution in [0.5, 0.6) is 0 Å². The molecule has 1 heterocycles. The number of carbonyl (C=O) groups excluding carboxylic acids is 3. The lowest BCUT2D eigenvalue weighted by molar-refractivity contribution is -0.123. The molecule has 1 aromatic rings. The third-order valence-electron chi connectivity index (χ3n) is 4.10. The fourth-order valence-electron chi connectivity index (χ4n) is 1.84. The number of hydrogen-bond donors (Lipinski definition) is 4. The molecule has 1 rings (SSSR count). The van der Waals surface area contributed by atoms with Crippen molar-refractivity contribution in [2.75, 3.05) is 6.54 Å². The van der Waals surface area contributed by atoms with Crippen LogP contribution in [-0.2, 0) is 20.8 Å². The average molecular weight is 408 g/mol. The minimum absolute atomic E-state index is 0.0799. The van der Waals surface area contributed by atoms with Crippen molar-refractivity contribution in [3.05, 3.63) is 42.2 Å². The first-order chi connectivity index (χ1) is 13.7. The standard InChI is InChI=1S/C14H23N3O.C4H8.C3H6N2O2/c1-4-10(2)11(3)17-14(18)13(15)9-12-5-7-16-8-6-12;1-3-4-2;4-3(7)1-5-2-6/h5-8,10-11,13H,4,9,15H2,1-3H3,(H,17,18);3-4H,1-2H3;2H,1H2,(H2,4,7)(H,5,6)/b;4-3+;. The van der Waals surface area contributed by atoms with Crippen molar-refractivity contribution in [1.82, 2.24) is 15.6 Å². The van der Waals surface area contributed by atoms with E-state index >= 15 is 0 Å². The molecule has 29 heavy (non-hydrogen) atoms. The summed E-state index contributed by atoms with van der Waals surface area (Å²) in [7, 11) is 0. The van der Waals surface area contributed by atoms with Crippen LogP contribution in [0.15, 0.2) is 36.7 Å². The quantitative estimate of drug-likeness (QED) is 0.361. The molecule has 3 atom stereocenters. The maximum absolute atomic E-state index is 11.9. The largest absolute Gasteiger partial charge is 0.368 e. The number of amides is 3. The van der Waals surface area contributed by atoms with Gasteiger partial charge in [-0.2, -0.15) is 0 Å². The highest BCUT2D eigenvalue weighted by Gasteiger charge is 2.18. The van der Waals surface area contributed by atoms with Gasteiger partial charge in [-0.1, -0.05) is 32.4 Å². The molecule has 6 N–H and O–H groups in total. The number of aromatic nitrogens is 1. The zero-order chi connectivity index (χ0) is 22.7. The molecule has 0 spiro atoms. The van der Waals surface area contributed by atoms with Gasteiger partial charge in [0, 0.05) is 18.4 Å². The third-order valence-corrected chi connectivity index (χ3v) is 4.10. The second-order valence-corrected chi connectivity index (χ2v) is 6.48. The predicted octanol–water partition coefficient (Wildman–Crippen LogP) is 1.30. The van der Waals surface area contributed by atoms with E-state index in [0.29, 0.717) is 18.7 Å². The van der Waals surface area contributed by atoms with E-state index < -0.39 is 11.9 Å². The Labute approximate surface area is 174 Å². The zero-order valence-electron chi connectivity index (χ0n) is 18.2. The topological polar surface area (TPSA) is 140 Å². The van der Waals surface area contributed by atoms with Crippen molar-refractivity contribution in [2.45, 2.75) is 59.5 Å². The summed E-state index contributed by atoms with van der Waals surface area (Å²) in [6.07, 6.45) is 9.43. The Morgan fingerprint density at radius 1 is 1.17 bits per heavy atom. The number of carbonyl (C=O) groups is 3. The lowest BCUT2D eigenvalue weighted by Gasteiger charge is -2.22. The Bertz CT molecular complexity index is 589. The van der Waals surface area contributed by atoms with Crippen LogP contribution in [0.4, 0.5) is 0 Å². The zero-order valence-corrected chi connectivity index (χ0v) is 18.2. The Balaban J connectivity index is 0. The molecular formula is C21H37N5O3. The molecule has 0 saturated carbocycles. The van der Waals surface area contributed by atoms with Crippen LogP contribution in [0.25, 0.3) is 0 Å². The Hall–Kier alpha value is -2.74. The Morgan fingerprint density at radius 2 is 1.72 bits per heavy atom. The molecule has 0 bridgehead atoms. The summed E-state index contributed by atoms with van der Waals surface area (Å²) in [5.74, 6) is -0.159. The Kier molecular flexibility index (Phi) is 18.3. The van der Waals surface area contributed by atoms with Gasteiger partial charge in [0.15, 0.2) is 0 Å². The fraction of sp³-hybridized carbons (Fsp3) is 0.524. The van der Waals surface area contributed by atoms with Gasteiger partial charge in [-0.3, -0.25) is 19.4 Å². The lowest BCUT2D eigenvalue weighted by Crippen LogP contribution is -2.47. The van der Waals surface area contributed by atoms with E-state index in [1.165, 1.54) is 0 Å². The molecule has 3 unspecified atom stereocenters. The molecule has 164 valence electrons.